The second-order valence-electron chi connectivity index (χ2n) is 7.50. The molecule has 1 saturated heterocycles. The number of aromatic amines is 1. The van der Waals surface area contributed by atoms with E-state index < -0.39 is 0 Å². The lowest BCUT2D eigenvalue weighted by atomic mass is 9.98. The lowest BCUT2D eigenvalue weighted by molar-refractivity contribution is -0.151. The molecule has 0 radical (unpaired) electrons. The maximum Gasteiger partial charge on any atom is 0.310 e. The number of piperidine rings is 1. The summed E-state index contributed by atoms with van der Waals surface area (Å²) in [5.74, 6) is -0.799. The zero-order valence-electron chi connectivity index (χ0n) is 16.6. The van der Waals surface area contributed by atoms with Crippen LogP contribution >= 0.6 is 0 Å². The molecule has 1 aliphatic rings. The van der Waals surface area contributed by atoms with Crippen LogP contribution in [0.4, 0.5) is 0 Å². The third-order valence-corrected chi connectivity index (χ3v) is 5.45. The number of aryl methyl sites for hydroxylation is 1. The molecule has 1 N–H and O–H groups in total. The Balaban J connectivity index is 1.56. The van der Waals surface area contributed by atoms with E-state index in [9.17, 15) is 14.4 Å². The first-order valence-electron chi connectivity index (χ1n) is 9.90. The molecule has 0 saturated carbocycles. The fraction of sp³-hybridized carbons (Fsp3) is 0.429. The number of nitrogens with zero attached hydrogens (tertiary/aromatic N) is 3. The molecule has 29 heavy (non-hydrogen) atoms. The maximum absolute atomic E-state index is 12.9. The van der Waals surface area contributed by atoms with Gasteiger partial charge in [-0.25, -0.2) is 4.68 Å². The first-order chi connectivity index (χ1) is 14.0. The van der Waals surface area contributed by atoms with E-state index in [1.807, 2.05) is 25.1 Å². The summed E-state index contributed by atoms with van der Waals surface area (Å²) in [4.78, 5) is 42.4. The fourth-order valence-electron chi connectivity index (χ4n) is 3.94. The normalized spacial score (nSPS) is 17.0. The second kappa shape index (κ2) is 7.69. The number of rotatable bonds is 4. The number of aromatic nitrogens is 3. The number of benzene rings is 1. The van der Waals surface area contributed by atoms with Crippen LogP contribution in [-0.2, 0) is 20.9 Å². The minimum Gasteiger partial charge on any atom is -0.466 e. The Morgan fingerprint density at radius 3 is 2.93 bits per heavy atom. The molecule has 3 aromatic rings. The van der Waals surface area contributed by atoms with Gasteiger partial charge in [0.2, 0.25) is 5.91 Å². The van der Waals surface area contributed by atoms with Crippen LogP contribution in [0.2, 0.25) is 0 Å². The number of hydrogen-bond donors (Lipinski definition) is 1. The zero-order valence-corrected chi connectivity index (χ0v) is 16.6. The summed E-state index contributed by atoms with van der Waals surface area (Å²) in [5, 5.41) is 5.91. The van der Waals surface area contributed by atoms with E-state index in [0.717, 1.165) is 28.3 Å². The predicted octanol–water partition coefficient (Wildman–Crippen LogP) is 1.99. The van der Waals surface area contributed by atoms with Crippen molar-refractivity contribution in [2.75, 3.05) is 19.7 Å². The highest BCUT2D eigenvalue weighted by Crippen LogP contribution is 2.23. The van der Waals surface area contributed by atoms with Crippen molar-refractivity contribution in [1.29, 1.82) is 0 Å². The van der Waals surface area contributed by atoms with Gasteiger partial charge in [0.15, 0.2) is 0 Å². The lowest BCUT2D eigenvalue weighted by Crippen LogP contribution is -2.45. The van der Waals surface area contributed by atoms with Gasteiger partial charge in [0, 0.05) is 29.4 Å². The monoisotopic (exact) mass is 396 g/mol. The number of likely N-dealkylation sites (tertiary alicyclic amines) is 1. The average Bonchev–Trinajstić information content (AvgIpc) is 3.09. The Bertz CT molecular complexity index is 1150. The van der Waals surface area contributed by atoms with E-state index in [0.29, 0.717) is 31.6 Å². The summed E-state index contributed by atoms with van der Waals surface area (Å²) >= 11 is 0. The number of H-pyrrole nitrogens is 1. The molecular formula is C21H24N4O4. The molecule has 1 aliphatic heterocycles. The summed E-state index contributed by atoms with van der Waals surface area (Å²) in [5.41, 5.74) is 2.07. The number of ether oxygens (including phenoxy) is 1. The highest BCUT2D eigenvalue weighted by molar-refractivity contribution is 6.06. The molecule has 0 unspecified atom stereocenters. The molecule has 4 rings (SSSR count). The van der Waals surface area contributed by atoms with E-state index in [-0.39, 0.29) is 29.9 Å². The molecule has 2 aromatic heterocycles. The van der Waals surface area contributed by atoms with Gasteiger partial charge in [0.1, 0.15) is 12.1 Å². The van der Waals surface area contributed by atoms with E-state index in [1.54, 1.807) is 18.0 Å². The van der Waals surface area contributed by atoms with Crippen LogP contribution in [0.5, 0.6) is 0 Å². The first kappa shape index (κ1) is 19.2. The first-order valence-corrected chi connectivity index (χ1v) is 9.90. The van der Waals surface area contributed by atoms with Crippen LogP contribution in [0.1, 0.15) is 25.3 Å². The van der Waals surface area contributed by atoms with Crippen LogP contribution in [0.3, 0.4) is 0 Å². The Morgan fingerprint density at radius 2 is 2.14 bits per heavy atom. The summed E-state index contributed by atoms with van der Waals surface area (Å²) in [6.45, 7) is 4.82. The van der Waals surface area contributed by atoms with Gasteiger partial charge < -0.3 is 14.6 Å². The van der Waals surface area contributed by atoms with Crippen molar-refractivity contribution < 1.29 is 14.3 Å². The Hall–Kier alpha value is -3.16. The molecule has 8 nitrogen and oxygen atoms in total. The minimum atomic E-state index is -0.330. The summed E-state index contributed by atoms with van der Waals surface area (Å²) < 4.78 is 6.27. The highest BCUT2D eigenvalue weighted by Gasteiger charge is 2.29. The van der Waals surface area contributed by atoms with E-state index in [2.05, 4.69) is 10.1 Å². The number of nitrogens with one attached hydrogen (secondary N) is 1. The maximum atomic E-state index is 12.9. The van der Waals surface area contributed by atoms with Crippen molar-refractivity contribution in [1.82, 2.24) is 19.7 Å². The van der Waals surface area contributed by atoms with Gasteiger partial charge in [-0.3, -0.25) is 14.4 Å². The number of carbonyl (C=O) groups excluding carboxylic acids is 2. The van der Waals surface area contributed by atoms with Gasteiger partial charge in [0.05, 0.1) is 18.7 Å². The molecule has 1 amide bonds. The van der Waals surface area contributed by atoms with Gasteiger partial charge in [-0.2, -0.15) is 5.10 Å². The topological polar surface area (TPSA) is 97.3 Å². The van der Waals surface area contributed by atoms with E-state index in [4.69, 9.17) is 4.74 Å². The van der Waals surface area contributed by atoms with E-state index >= 15 is 0 Å². The van der Waals surface area contributed by atoms with Gasteiger partial charge in [-0.15, -0.1) is 0 Å². The lowest BCUT2D eigenvalue weighted by Gasteiger charge is -2.31. The number of hydrogen-bond acceptors (Lipinski definition) is 5. The third-order valence-electron chi connectivity index (χ3n) is 5.45. The van der Waals surface area contributed by atoms with Crippen molar-refractivity contribution in [2.45, 2.75) is 33.2 Å². The molecule has 1 fully saturated rings. The van der Waals surface area contributed by atoms with Gasteiger partial charge in [-0.05, 0) is 38.8 Å². The largest absolute Gasteiger partial charge is 0.466 e. The van der Waals surface area contributed by atoms with Crippen molar-refractivity contribution in [3.8, 4) is 0 Å². The van der Waals surface area contributed by atoms with Crippen molar-refractivity contribution in [3.05, 3.63) is 40.3 Å². The molecule has 152 valence electrons. The van der Waals surface area contributed by atoms with Gasteiger partial charge in [0.25, 0.3) is 5.56 Å². The number of carbonyl (C=O) groups is 2. The standard InChI is InChI=1S/C21H24N4O4/c1-3-29-21(28)14-5-4-8-24(11-14)18(26)12-25-20(27)19-16(10-22-25)15-9-13(2)6-7-17(15)23-19/h6-7,9-10,14,23H,3-5,8,11-12H2,1-2H3/t14-/m1/s1. The van der Waals surface area contributed by atoms with Gasteiger partial charge in [-0.1, -0.05) is 11.6 Å². The average molecular weight is 396 g/mol. The molecule has 0 aliphatic carbocycles. The van der Waals surface area contributed by atoms with Crippen molar-refractivity contribution in [2.24, 2.45) is 5.92 Å². The molecule has 0 spiro atoms. The summed E-state index contributed by atoms with van der Waals surface area (Å²) in [6, 6.07) is 5.92. The van der Waals surface area contributed by atoms with Gasteiger partial charge >= 0.3 is 5.97 Å². The molecule has 0 bridgehead atoms. The quantitative estimate of drug-likeness (QED) is 0.680. The number of fused-ring (bicyclic) bond motifs is 3. The Labute approximate surface area is 167 Å². The molecule has 8 heteroatoms. The van der Waals surface area contributed by atoms with Crippen LogP contribution in [-0.4, -0.2) is 51.2 Å². The Morgan fingerprint density at radius 1 is 1.31 bits per heavy atom. The van der Waals surface area contributed by atoms with Crippen molar-refractivity contribution in [3.63, 3.8) is 0 Å². The third kappa shape index (κ3) is 3.62. The smallest absolute Gasteiger partial charge is 0.310 e. The van der Waals surface area contributed by atoms with Crippen LogP contribution in [0.15, 0.2) is 29.2 Å². The molecular weight excluding hydrogens is 372 g/mol. The SMILES string of the molecule is CCOC(=O)[C@@H]1CCCN(C(=O)Cn2ncc3c([nH]c4ccc(C)cc43)c2=O)C1. The summed E-state index contributed by atoms with van der Waals surface area (Å²) in [7, 11) is 0. The molecule has 1 atom stereocenters. The second-order valence-corrected chi connectivity index (χ2v) is 7.50. The van der Waals surface area contributed by atoms with E-state index in [1.165, 1.54) is 4.68 Å². The van der Waals surface area contributed by atoms with Crippen molar-refractivity contribution >= 4 is 33.7 Å². The fourth-order valence-corrected chi connectivity index (χ4v) is 3.94. The highest BCUT2D eigenvalue weighted by atomic mass is 16.5. The number of amides is 1. The minimum absolute atomic E-state index is 0.154. The molecule has 3 heterocycles. The van der Waals surface area contributed by atoms with Crippen LogP contribution in [0, 0.1) is 12.8 Å². The predicted molar refractivity (Wildman–Crippen MR) is 109 cm³/mol. The zero-order chi connectivity index (χ0) is 20.5. The molecule has 1 aromatic carbocycles. The Kier molecular flexibility index (Phi) is 5.08. The van der Waals surface area contributed by atoms with Crippen LogP contribution < -0.4 is 5.56 Å². The summed E-state index contributed by atoms with van der Waals surface area (Å²) in [6.07, 6.45) is 3.07. The van der Waals surface area contributed by atoms with Crippen LogP contribution in [0.25, 0.3) is 21.8 Å². The number of esters is 1.